The van der Waals surface area contributed by atoms with Crippen LogP contribution >= 0.6 is 0 Å². The minimum atomic E-state index is 0.0820. The number of amides is 1. The number of hydrogen-bond donors (Lipinski definition) is 2. The van der Waals surface area contributed by atoms with E-state index in [2.05, 4.69) is 12.2 Å². The van der Waals surface area contributed by atoms with Crippen molar-refractivity contribution in [3.63, 3.8) is 0 Å². The van der Waals surface area contributed by atoms with Crippen molar-refractivity contribution >= 4 is 5.91 Å². The zero-order valence-electron chi connectivity index (χ0n) is 9.92. The van der Waals surface area contributed by atoms with Crippen LogP contribution in [0.4, 0.5) is 0 Å². The van der Waals surface area contributed by atoms with Crippen LogP contribution in [0.1, 0.15) is 39.5 Å². The van der Waals surface area contributed by atoms with Gasteiger partial charge in [0.15, 0.2) is 0 Å². The number of rotatable bonds is 9. The zero-order chi connectivity index (χ0) is 11.5. The monoisotopic (exact) mass is 216 g/mol. The van der Waals surface area contributed by atoms with Crippen LogP contribution in [0.3, 0.4) is 0 Å². The molecule has 0 aliphatic carbocycles. The fourth-order valence-corrected chi connectivity index (χ4v) is 1.38. The molecular formula is C11H24N2O2. The Morgan fingerprint density at radius 1 is 1.47 bits per heavy atom. The van der Waals surface area contributed by atoms with Gasteiger partial charge in [-0.05, 0) is 19.8 Å². The van der Waals surface area contributed by atoms with Gasteiger partial charge in [0.2, 0.25) is 5.91 Å². The molecule has 0 heterocycles. The molecule has 3 N–H and O–H groups in total. The van der Waals surface area contributed by atoms with Gasteiger partial charge in [0.25, 0.3) is 0 Å². The Labute approximate surface area is 92.6 Å². The molecule has 1 unspecified atom stereocenters. The van der Waals surface area contributed by atoms with Gasteiger partial charge in [0.1, 0.15) is 0 Å². The molecule has 0 saturated heterocycles. The standard InChI is InChI=1S/C11H24N2O2/c1-3-6-10(9-12)13-11(14)7-5-8-15-4-2/h10H,3-9,12H2,1-2H3,(H,13,14). The molecule has 0 aromatic carbocycles. The van der Waals surface area contributed by atoms with Crippen LogP contribution < -0.4 is 11.1 Å². The van der Waals surface area contributed by atoms with Gasteiger partial charge in [-0.1, -0.05) is 13.3 Å². The van der Waals surface area contributed by atoms with E-state index in [0.29, 0.717) is 26.2 Å². The molecule has 0 spiro atoms. The Bertz CT molecular complexity index is 163. The van der Waals surface area contributed by atoms with Gasteiger partial charge in [0.05, 0.1) is 0 Å². The van der Waals surface area contributed by atoms with Crippen molar-refractivity contribution in [2.75, 3.05) is 19.8 Å². The molecule has 90 valence electrons. The molecule has 0 aliphatic heterocycles. The summed E-state index contributed by atoms with van der Waals surface area (Å²) in [6.07, 6.45) is 3.30. The summed E-state index contributed by atoms with van der Waals surface area (Å²) in [7, 11) is 0. The first-order chi connectivity index (χ1) is 7.24. The van der Waals surface area contributed by atoms with Crippen LogP contribution in [0.15, 0.2) is 0 Å². The van der Waals surface area contributed by atoms with E-state index in [0.717, 1.165) is 19.3 Å². The number of hydrogen-bond acceptors (Lipinski definition) is 3. The quantitative estimate of drug-likeness (QED) is 0.566. The number of carbonyl (C=O) groups is 1. The molecule has 4 nitrogen and oxygen atoms in total. The van der Waals surface area contributed by atoms with Crippen molar-refractivity contribution in [1.29, 1.82) is 0 Å². The molecular weight excluding hydrogens is 192 g/mol. The van der Waals surface area contributed by atoms with Gasteiger partial charge in [-0.15, -0.1) is 0 Å². The second kappa shape index (κ2) is 9.93. The third-order valence-electron chi connectivity index (χ3n) is 2.18. The summed E-state index contributed by atoms with van der Waals surface area (Å²) in [5.74, 6) is 0.0820. The molecule has 15 heavy (non-hydrogen) atoms. The SMILES string of the molecule is CCCC(CN)NC(=O)CCCOCC. The second-order valence-electron chi connectivity index (χ2n) is 3.59. The second-order valence-corrected chi connectivity index (χ2v) is 3.59. The minimum absolute atomic E-state index is 0.0820. The summed E-state index contributed by atoms with van der Waals surface area (Å²) in [4.78, 5) is 11.4. The first-order valence-electron chi connectivity index (χ1n) is 5.81. The molecule has 0 aromatic rings. The van der Waals surface area contributed by atoms with Crippen molar-refractivity contribution in [2.45, 2.75) is 45.6 Å². The molecule has 1 amide bonds. The number of ether oxygens (including phenoxy) is 1. The highest BCUT2D eigenvalue weighted by Crippen LogP contribution is 1.97. The minimum Gasteiger partial charge on any atom is -0.382 e. The van der Waals surface area contributed by atoms with Crippen molar-refractivity contribution < 1.29 is 9.53 Å². The van der Waals surface area contributed by atoms with Crippen LogP contribution in [0, 0.1) is 0 Å². The van der Waals surface area contributed by atoms with E-state index < -0.39 is 0 Å². The van der Waals surface area contributed by atoms with Gasteiger partial charge >= 0.3 is 0 Å². The Morgan fingerprint density at radius 2 is 2.20 bits per heavy atom. The van der Waals surface area contributed by atoms with Crippen LogP contribution in [0.2, 0.25) is 0 Å². The van der Waals surface area contributed by atoms with Crippen molar-refractivity contribution in [3.8, 4) is 0 Å². The molecule has 0 saturated carbocycles. The topological polar surface area (TPSA) is 64.3 Å². The molecule has 0 radical (unpaired) electrons. The van der Waals surface area contributed by atoms with Crippen LogP contribution in [0.25, 0.3) is 0 Å². The summed E-state index contributed by atoms with van der Waals surface area (Å²) in [6, 6.07) is 0.134. The average molecular weight is 216 g/mol. The fourth-order valence-electron chi connectivity index (χ4n) is 1.38. The van der Waals surface area contributed by atoms with Crippen molar-refractivity contribution in [2.24, 2.45) is 5.73 Å². The Kier molecular flexibility index (Phi) is 9.52. The van der Waals surface area contributed by atoms with Gasteiger partial charge in [0, 0.05) is 32.2 Å². The van der Waals surface area contributed by atoms with Crippen LogP contribution in [-0.4, -0.2) is 31.7 Å². The zero-order valence-corrected chi connectivity index (χ0v) is 9.92. The molecule has 0 bridgehead atoms. The van der Waals surface area contributed by atoms with Gasteiger partial charge < -0.3 is 15.8 Å². The van der Waals surface area contributed by atoms with Crippen LogP contribution in [-0.2, 0) is 9.53 Å². The number of nitrogens with two attached hydrogens (primary N) is 1. The number of carbonyl (C=O) groups excluding carboxylic acids is 1. The van der Waals surface area contributed by atoms with Crippen molar-refractivity contribution in [3.05, 3.63) is 0 Å². The Morgan fingerprint density at radius 3 is 2.73 bits per heavy atom. The maximum absolute atomic E-state index is 11.4. The highest BCUT2D eigenvalue weighted by atomic mass is 16.5. The molecule has 0 aromatic heterocycles. The lowest BCUT2D eigenvalue weighted by molar-refractivity contribution is -0.122. The summed E-state index contributed by atoms with van der Waals surface area (Å²) in [6.45, 7) is 5.93. The Hall–Kier alpha value is -0.610. The van der Waals surface area contributed by atoms with Gasteiger partial charge in [-0.3, -0.25) is 4.79 Å². The van der Waals surface area contributed by atoms with Gasteiger partial charge in [-0.25, -0.2) is 0 Å². The normalized spacial score (nSPS) is 12.5. The van der Waals surface area contributed by atoms with E-state index in [1.165, 1.54) is 0 Å². The molecule has 4 heteroatoms. The summed E-state index contributed by atoms with van der Waals surface area (Å²) in [5, 5.41) is 2.93. The molecule has 1 atom stereocenters. The third-order valence-corrected chi connectivity index (χ3v) is 2.18. The first kappa shape index (κ1) is 14.4. The van der Waals surface area contributed by atoms with Crippen molar-refractivity contribution in [1.82, 2.24) is 5.32 Å². The maximum Gasteiger partial charge on any atom is 0.220 e. The summed E-state index contributed by atoms with van der Waals surface area (Å²) >= 11 is 0. The van der Waals surface area contributed by atoms with Crippen LogP contribution in [0.5, 0.6) is 0 Å². The predicted octanol–water partition coefficient (Wildman–Crippen LogP) is 1.05. The third kappa shape index (κ3) is 8.39. The predicted molar refractivity (Wildman–Crippen MR) is 61.6 cm³/mol. The smallest absolute Gasteiger partial charge is 0.220 e. The Balaban J connectivity index is 3.52. The lowest BCUT2D eigenvalue weighted by atomic mass is 10.1. The first-order valence-corrected chi connectivity index (χ1v) is 5.81. The van der Waals surface area contributed by atoms with E-state index in [-0.39, 0.29) is 11.9 Å². The summed E-state index contributed by atoms with van der Waals surface area (Å²) < 4.78 is 5.16. The molecule has 0 rings (SSSR count). The molecule has 0 fully saturated rings. The summed E-state index contributed by atoms with van der Waals surface area (Å²) in [5.41, 5.74) is 5.54. The van der Waals surface area contributed by atoms with E-state index in [1.54, 1.807) is 0 Å². The number of nitrogens with one attached hydrogen (secondary N) is 1. The lowest BCUT2D eigenvalue weighted by Gasteiger charge is -2.15. The van der Waals surface area contributed by atoms with E-state index in [9.17, 15) is 4.79 Å². The van der Waals surface area contributed by atoms with Gasteiger partial charge in [-0.2, -0.15) is 0 Å². The highest BCUT2D eigenvalue weighted by molar-refractivity contribution is 5.76. The van der Waals surface area contributed by atoms with E-state index in [1.807, 2.05) is 6.92 Å². The fraction of sp³-hybridized carbons (Fsp3) is 0.909. The average Bonchev–Trinajstić information content (AvgIpc) is 2.24. The van der Waals surface area contributed by atoms with E-state index >= 15 is 0 Å². The largest absolute Gasteiger partial charge is 0.382 e. The van der Waals surface area contributed by atoms with E-state index in [4.69, 9.17) is 10.5 Å². The highest BCUT2D eigenvalue weighted by Gasteiger charge is 2.08. The molecule has 0 aliphatic rings. The lowest BCUT2D eigenvalue weighted by Crippen LogP contribution is -2.40. The maximum atomic E-state index is 11.4.